The normalized spacial score (nSPS) is 12.4. The Labute approximate surface area is 120 Å². The molecule has 0 spiro atoms. The number of fused-ring (bicyclic) bond motifs is 1. The standard InChI is InChI=1S/C14H13N5O2/c1-9(8-13(20)21)19-14(16-17-18-19)11-6-7-15-12-5-3-2-4-10(11)12/h2-7,9H,8H2,1H3,(H,20,21). The zero-order chi connectivity index (χ0) is 14.8. The van der Waals surface area contributed by atoms with Crippen LogP contribution in [0.5, 0.6) is 0 Å². The van der Waals surface area contributed by atoms with Crippen LogP contribution < -0.4 is 0 Å². The van der Waals surface area contributed by atoms with Gasteiger partial charge >= 0.3 is 5.97 Å². The molecule has 7 heteroatoms. The van der Waals surface area contributed by atoms with Gasteiger partial charge in [-0.15, -0.1) is 5.10 Å². The highest BCUT2D eigenvalue weighted by Crippen LogP contribution is 2.27. The molecule has 21 heavy (non-hydrogen) atoms. The van der Waals surface area contributed by atoms with Crippen LogP contribution in [0.2, 0.25) is 0 Å². The summed E-state index contributed by atoms with van der Waals surface area (Å²) in [4.78, 5) is 15.2. The fraction of sp³-hybridized carbons (Fsp3) is 0.214. The maximum absolute atomic E-state index is 10.9. The number of hydrogen-bond donors (Lipinski definition) is 1. The Morgan fingerprint density at radius 1 is 1.33 bits per heavy atom. The second-order valence-electron chi connectivity index (χ2n) is 4.77. The molecule has 0 amide bonds. The Morgan fingerprint density at radius 3 is 2.95 bits per heavy atom. The van der Waals surface area contributed by atoms with Crippen molar-refractivity contribution in [2.24, 2.45) is 0 Å². The van der Waals surface area contributed by atoms with Gasteiger partial charge in [0.1, 0.15) is 0 Å². The summed E-state index contributed by atoms with van der Waals surface area (Å²) in [5.74, 6) is -0.342. The molecule has 7 nitrogen and oxygen atoms in total. The Balaban J connectivity index is 2.12. The molecule has 1 unspecified atom stereocenters. The third kappa shape index (κ3) is 2.45. The minimum atomic E-state index is -0.886. The summed E-state index contributed by atoms with van der Waals surface area (Å²) in [6.07, 6.45) is 1.65. The lowest BCUT2D eigenvalue weighted by Gasteiger charge is -2.12. The molecule has 0 aliphatic rings. The van der Waals surface area contributed by atoms with E-state index in [9.17, 15) is 4.79 Å². The zero-order valence-corrected chi connectivity index (χ0v) is 11.3. The van der Waals surface area contributed by atoms with Crippen molar-refractivity contribution in [3.8, 4) is 11.4 Å². The SMILES string of the molecule is CC(CC(=O)O)n1nnnc1-c1ccnc2ccccc12. The maximum Gasteiger partial charge on any atom is 0.305 e. The Bertz CT molecular complexity index is 793. The smallest absolute Gasteiger partial charge is 0.305 e. The first kappa shape index (κ1) is 13.2. The first-order valence-electron chi connectivity index (χ1n) is 6.50. The van der Waals surface area contributed by atoms with E-state index in [1.807, 2.05) is 30.3 Å². The average molecular weight is 283 g/mol. The van der Waals surface area contributed by atoms with Crippen molar-refractivity contribution in [2.45, 2.75) is 19.4 Å². The third-order valence-electron chi connectivity index (χ3n) is 3.27. The number of aliphatic carboxylic acids is 1. The number of hydrogen-bond acceptors (Lipinski definition) is 5. The molecule has 0 radical (unpaired) electrons. The van der Waals surface area contributed by atoms with Crippen LogP contribution in [0, 0.1) is 0 Å². The quantitative estimate of drug-likeness (QED) is 0.786. The number of pyridine rings is 1. The van der Waals surface area contributed by atoms with E-state index in [2.05, 4.69) is 20.5 Å². The second kappa shape index (κ2) is 5.28. The lowest BCUT2D eigenvalue weighted by Crippen LogP contribution is -2.13. The van der Waals surface area contributed by atoms with Crippen molar-refractivity contribution in [2.75, 3.05) is 0 Å². The molecule has 3 aromatic rings. The van der Waals surface area contributed by atoms with Crippen molar-refractivity contribution in [3.05, 3.63) is 36.5 Å². The molecule has 0 saturated carbocycles. The molecule has 1 aromatic carbocycles. The fourth-order valence-corrected chi connectivity index (χ4v) is 2.30. The summed E-state index contributed by atoms with van der Waals surface area (Å²) in [6, 6.07) is 9.18. The molecule has 2 heterocycles. The Hall–Kier alpha value is -2.83. The number of rotatable bonds is 4. The van der Waals surface area contributed by atoms with Crippen LogP contribution in [-0.4, -0.2) is 36.3 Å². The number of benzene rings is 1. The fourth-order valence-electron chi connectivity index (χ4n) is 2.30. The first-order chi connectivity index (χ1) is 10.2. The maximum atomic E-state index is 10.9. The number of carbonyl (C=O) groups is 1. The van der Waals surface area contributed by atoms with Gasteiger partial charge in [-0.1, -0.05) is 18.2 Å². The van der Waals surface area contributed by atoms with Gasteiger partial charge in [-0.25, -0.2) is 4.68 Å². The van der Waals surface area contributed by atoms with E-state index < -0.39 is 5.97 Å². The Morgan fingerprint density at radius 2 is 2.14 bits per heavy atom. The van der Waals surface area contributed by atoms with E-state index in [-0.39, 0.29) is 12.5 Å². The number of para-hydroxylation sites is 1. The molecule has 1 atom stereocenters. The largest absolute Gasteiger partial charge is 0.481 e. The summed E-state index contributed by atoms with van der Waals surface area (Å²) >= 11 is 0. The van der Waals surface area contributed by atoms with Gasteiger partial charge in [0, 0.05) is 17.1 Å². The first-order valence-corrected chi connectivity index (χ1v) is 6.50. The van der Waals surface area contributed by atoms with Crippen molar-refractivity contribution in [1.29, 1.82) is 0 Å². The lowest BCUT2D eigenvalue weighted by molar-refractivity contribution is -0.137. The van der Waals surface area contributed by atoms with Gasteiger partial charge in [0.25, 0.3) is 0 Å². The van der Waals surface area contributed by atoms with Gasteiger partial charge in [0.15, 0.2) is 5.82 Å². The van der Waals surface area contributed by atoms with Gasteiger partial charge in [0.2, 0.25) is 0 Å². The van der Waals surface area contributed by atoms with Crippen LogP contribution in [-0.2, 0) is 4.79 Å². The van der Waals surface area contributed by atoms with Gasteiger partial charge in [-0.2, -0.15) is 0 Å². The van der Waals surface area contributed by atoms with E-state index in [1.165, 1.54) is 4.68 Å². The molecule has 2 aromatic heterocycles. The molecule has 1 N–H and O–H groups in total. The summed E-state index contributed by atoms with van der Waals surface area (Å²) in [5, 5.41) is 21.5. The topological polar surface area (TPSA) is 93.8 Å². The molecule has 0 bridgehead atoms. The lowest BCUT2D eigenvalue weighted by atomic mass is 10.1. The number of aromatic nitrogens is 5. The van der Waals surface area contributed by atoms with Crippen molar-refractivity contribution in [1.82, 2.24) is 25.2 Å². The summed E-state index contributed by atoms with van der Waals surface area (Å²) in [5.41, 5.74) is 1.68. The number of carboxylic acids is 1. The van der Waals surface area contributed by atoms with Crippen molar-refractivity contribution in [3.63, 3.8) is 0 Å². The minimum Gasteiger partial charge on any atom is -0.481 e. The van der Waals surface area contributed by atoms with E-state index >= 15 is 0 Å². The predicted molar refractivity (Wildman–Crippen MR) is 75.5 cm³/mol. The highest BCUT2D eigenvalue weighted by Gasteiger charge is 2.18. The van der Waals surface area contributed by atoms with Crippen LogP contribution in [0.3, 0.4) is 0 Å². The van der Waals surface area contributed by atoms with Gasteiger partial charge < -0.3 is 5.11 Å². The molecule has 0 aliphatic carbocycles. The number of carboxylic acid groups (broad SMARTS) is 1. The van der Waals surface area contributed by atoms with E-state index in [4.69, 9.17) is 5.11 Å². The number of nitrogens with zero attached hydrogens (tertiary/aromatic N) is 5. The highest BCUT2D eigenvalue weighted by molar-refractivity contribution is 5.92. The van der Waals surface area contributed by atoms with Crippen LogP contribution in [0.15, 0.2) is 36.5 Å². The second-order valence-corrected chi connectivity index (χ2v) is 4.77. The molecule has 0 aliphatic heterocycles. The van der Waals surface area contributed by atoms with E-state index in [1.54, 1.807) is 13.1 Å². The highest BCUT2D eigenvalue weighted by atomic mass is 16.4. The molecule has 0 saturated heterocycles. The Kier molecular flexibility index (Phi) is 3.31. The van der Waals surface area contributed by atoms with Crippen LogP contribution in [0.4, 0.5) is 0 Å². The molecular formula is C14H13N5O2. The zero-order valence-electron chi connectivity index (χ0n) is 11.3. The monoisotopic (exact) mass is 283 g/mol. The average Bonchev–Trinajstić information content (AvgIpc) is 2.95. The molecule has 3 rings (SSSR count). The molecule has 106 valence electrons. The summed E-state index contributed by atoms with van der Waals surface area (Å²) < 4.78 is 1.54. The van der Waals surface area contributed by atoms with Crippen molar-refractivity contribution >= 4 is 16.9 Å². The summed E-state index contributed by atoms with van der Waals surface area (Å²) in [6.45, 7) is 1.78. The summed E-state index contributed by atoms with van der Waals surface area (Å²) in [7, 11) is 0. The molecular weight excluding hydrogens is 270 g/mol. The van der Waals surface area contributed by atoms with Crippen LogP contribution >= 0.6 is 0 Å². The van der Waals surface area contributed by atoms with E-state index in [0.717, 1.165) is 16.5 Å². The predicted octanol–water partition coefficient (Wildman–Crippen LogP) is 1.92. The van der Waals surface area contributed by atoms with E-state index in [0.29, 0.717) is 5.82 Å². The van der Waals surface area contributed by atoms with Crippen LogP contribution in [0.1, 0.15) is 19.4 Å². The van der Waals surface area contributed by atoms with Crippen molar-refractivity contribution < 1.29 is 9.90 Å². The van der Waals surface area contributed by atoms with Gasteiger partial charge in [-0.3, -0.25) is 9.78 Å². The third-order valence-corrected chi connectivity index (χ3v) is 3.27. The van der Waals surface area contributed by atoms with Crippen LogP contribution in [0.25, 0.3) is 22.3 Å². The van der Waals surface area contributed by atoms with Gasteiger partial charge in [-0.05, 0) is 29.5 Å². The minimum absolute atomic E-state index is 0.0406. The van der Waals surface area contributed by atoms with Gasteiger partial charge in [0.05, 0.1) is 18.0 Å². The number of tetrazole rings is 1. The molecule has 0 fully saturated rings.